The molecule has 0 aliphatic carbocycles. The lowest BCUT2D eigenvalue weighted by Crippen LogP contribution is -2.30. The van der Waals surface area contributed by atoms with E-state index in [1.807, 2.05) is 30.3 Å². The molecule has 0 radical (unpaired) electrons. The highest BCUT2D eigenvalue weighted by Crippen LogP contribution is 2.19. The van der Waals surface area contributed by atoms with Gasteiger partial charge in [-0.25, -0.2) is 0 Å². The molecule has 1 aromatic carbocycles. The summed E-state index contributed by atoms with van der Waals surface area (Å²) in [6.45, 7) is 0.775. The second-order valence-electron chi connectivity index (χ2n) is 3.65. The second kappa shape index (κ2) is 5.46. The summed E-state index contributed by atoms with van der Waals surface area (Å²) in [6.07, 6.45) is 1.34. The number of thioether (sulfide) groups is 1. The first-order valence-corrected chi connectivity index (χ1v) is 6.68. The van der Waals surface area contributed by atoms with Crippen molar-refractivity contribution in [3.05, 3.63) is 35.9 Å². The van der Waals surface area contributed by atoms with E-state index in [9.17, 15) is 4.79 Å². The molecule has 0 spiro atoms. The van der Waals surface area contributed by atoms with Gasteiger partial charge in [0.2, 0.25) is 5.91 Å². The predicted molar refractivity (Wildman–Crippen MR) is 71.5 cm³/mol. The summed E-state index contributed by atoms with van der Waals surface area (Å²) in [4.78, 5) is 13.6. The maximum atomic E-state index is 11.9. The van der Waals surface area contributed by atoms with Crippen LogP contribution < -0.4 is 0 Å². The van der Waals surface area contributed by atoms with Gasteiger partial charge in [0.15, 0.2) is 0 Å². The zero-order valence-corrected chi connectivity index (χ0v) is 10.5. The summed E-state index contributed by atoms with van der Waals surface area (Å²) in [5.74, 6) is 1.09. The van der Waals surface area contributed by atoms with Gasteiger partial charge in [-0.2, -0.15) is 0 Å². The molecule has 2 nitrogen and oxygen atoms in total. The molecule has 0 N–H and O–H groups in total. The van der Waals surface area contributed by atoms with Crippen molar-refractivity contribution < 1.29 is 4.79 Å². The molecule has 2 rings (SSSR count). The molecule has 1 saturated heterocycles. The number of amides is 1. The summed E-state index contributed by atoms with van der Waals surface area (Å²) in [5, 5.41) is 0. The number of hydrogen-bond donors (Lipinski definition) is 0. The SMILES string of the molecule is O=C(CCc1ccccc1)N1CCSC1=S. The second-order valence-corrected chi connectivity index (χ2v) is 5.37. The molecule has 1 aliphatic heterocycles. The summed E-state index contributed by atoms with van der Waals surface area (Å²) in [5.41, 5.74) is 1.20. The van der Waals surface area contributed by atoms with E-state index in [0.717, 1.165) is 23.0 Å². The highest BCUT2D eigenvalue weighted by atomic mass is 32.2. The van der Waals surface area contributed by atoms with E-state index in [-0.39, 0.29) is 5.91 Å². The fraction of sp³-hybridized carbons (Fsp3) is 0.333. The molecular formula is C12H13NOS2. The van der Waals surface area contributed by atoms with Crippen molar-refractivity contribution in [2.24, 2.45) is 0 Å². The number of hydrogen-bond acceptors (Lipinski definition) is 3. The minimum atomic E-state index is 0.152. The fourth-order valence-electron chi connectivity index (χ4n) is 1.65. The first kappa shape index (κ1) is 11.6. The Labute approximate surface area is 105 Å². The Bertz CT molecular complexity index is 391. The quantitative estimate of drug-likeness (QED) is 0.770. The number of aryl methyl sites for hydroxylation is 1. The number of carbonyl (C=O) groups is 1. The Morgan fingerprint density at radius 1 is 1.38 bits per heavy atom. The maximum Gasteiger partial charge on any atom is 0.228 e. The molecule has 0 unspecified atom stereocenters. The molecule has 4 heteroatoms. The number of thiocarbonyl (C=S) groups is 1. The third-order valence-corrected chi connectivity index (χ3v) is 3.96. The fourth-order valence-corrected chi connectivity index (χ4v) is 2.89. The van der Waals surface area contributed by atoms with Crippen LogP contribution in [0.5, 0.6) is 0 Å². The van der Waals surface area contributed by atoms with Gasteiger partial charge in [0.1, 0.15) is 4.32 Å². The Morgan fingerprint density at radius 2 is 2.12 bits per heavy atom. The van der Waals surface area contributed by atoms with Crippen molar-refractivity contribution in [3.63, 3.8) is 0 Å². The van der Waals surface area contributed by atoms with E-state index in [4.69, 9.17) is 12.2 Å². The smallest absolute Gasteiger partial charge is 0.228 e. The Kier molecular flexibility index (Phi) is 3.96. The molecule has 1 heterocycles. The van der Waals surface area contributed by atoms with E-state index in [2.05, 4.69) is 0 Å². The summed E-state index contributed by atoms with van der Waals surface area (Å²) in [6, 6.07) is 10.1. The van der Waals surface area contributed by atoms with Gasteiger partial charge in [-0.3, -0.25) is 9.69 Å². The topological polar surface area (TPSA) is 20.3 Å². The molecular weight excluding hydrogens is 238 g/mol. The van der Waals surface area contributed by atoms with Crippen LogP contribution in [-0.4, -0.2) is 27.4 Å². The normalized spacial score (nSPS) is 15.5. The van der Waals surface area contributed by atoms with Crippen LogP contribution in [0.2, 0.25) is 0 Å². The van der Waals surface area contributed by atoms with E-state index < -0.39 is 0 Å². The van der Waals surface area contributed by atoms with Gasteiger partial charge >= 0.3 is 0 Å². The molecule has 1 aromatic rings. The summed E-state index contributed by atoms with van der Waals surface area (Å²) < 4.78 is 0.734. The number of nitrogens with zero attached hydrogens (tertiary/aromatic N) is 1. The minimum Gasteiger partial charge on any atom is -0.297 e. The maximum absolute atomic E-state index is 11.9. The van der Waals surface area contributed by atoms with Crippen LogP contribution in [-0.2, 0) is 11.2 Å². The van der Waals surface area contributed by atoms with Crippen LogP contribution in [0.3, 0.4) is 0 Å². The lowest BCUT2D eigenvalue weighted by molar-refractivity contribution is -0.126. The monoisotopic (exact) mass is 251 g/mol. The third-order valence-electron chi connectivity index (χ3n) is 2.53. The van der Waals surface area contributed by atoms with Crippen molar-refractivity contribution in [2.75, 3.05) is 12.3 Å². The molecule has 1 fully saturated rings. The Morgan fingerprint density at radius 3 is 2.75 bits per heavy atom. The molecule has 0 saturated carbocycles. The lowest BCUT2D eigenvalue weighted by Gasteiger charge is -2.14. The van der Waals surface area contributed by atoms with Crippen molar-refractivity contribution in [1.82, 2.24) is 4.90 Å². The van der Waals surface area contributed by atoms with Gasteiger partial charge in [0.05, 0.1) is 0 Å². The van der Waals surface area contributed by atoms with Crippen molar-refractivity contribution >= 4 is 34.2 Å². The molecule has 84 valence electrons. The number of benzene rings is 1. The Hall–Kier alpha value is -0.870. The average Bonchev–Trinajstić information content (AvgIpc) is 2.74. The number of carbonyl (C=O) groups excluding carboxylic acids is 1. The summed E-state index contributed by atoms with van der Waals surface area (Å²) in [7, 11) is 0. The first-order chi connectivity index (χ1) is 7.77. The van der Waals surface area contributed by atoms with E-state index >= 15 is 0 Å². The molecule has 0 aromatic heterocycles. The van der Waals surface area contributed by atoms with Gasteiger partial charge < -0.3 is 0 Å². The predicted octanol–water partition coefficient (Wildman–Crippen LogP) is 2.48. The van der Waals surface area contributed by atoms with Gasteiger partial charge in [0.25, 0.3) is 0 Å². The largest absolute Gasteiger partial charge is 0.297 e. The van der Waals surface area contributed by atoms with E-state index in [0.29, 0.717) is 6.42 Å². The van der Waals surface area contributed by atoms with Crippen LogP contribution in [0.1, 0.15) is 12.0 Å². The standard InChI is InChI=1S/C12H13NOS2/c14-11(13-8-9-16-12(13)15)7-6-10-4-2-1-3-5-10/h1-5H,6-9H2. The molecule has 1 amide bonds. The number of rotatable bonds is 3. The average molecular weight is 251 g/mol. The Balaban J connectivity index is 1.86. The minimum absolute atomic E-state index is 0.152. The molecule has 0 bridgehead atoms. The van der Waals surface area contributed by atoms with Crippen LogP contribution in [0.25, 0.3) is 0 Å². The van der Waals surface area contributed by atoms with Gasteiger partial charge in [-0.05, 0) is 12.0 Å². The van der Waals surface area contributed by atoms with Crippen molar-refractivity contribution in [2.45, 2.75) is 12.8 Å². The van der Waals surface area contributed by atoms with Gasteiger partial charge in [-0.15, -0.1) is 0 Å². The van der Waals surface area contributed by atoms with E-state index in [1.54, 1.807) is 16.7 Å². The van der Waals surface area contributed by atoms with Crippen molar-refractivity contribution in [3.8, 4) is 0 Å². The van der Waals surface area contributed by atoms with Crippen LogP contribution in [0.4, 0.5) is 0 Å². The van der Waals surface area contributed by atoms with Gasteiger partial charge in [0, 0.05) is 18.7 Å². The zero-order chi connectivity index (χ0) is 11.4. The highest BCUT2D eigenvalue weighted by molar-refractivity contribution is 8.23. The lowest BCUT2D eigenvalue weighted by atomic mass is 10.1. The summed E-state index contributed by atoms with van der Waals surface area (Å²) >= 11 is 6.71. The van der Waals surface area contributed by atoms with Gasteiger partial charge in [-0.1, -0.05) is 54.3 Å². The molecule has 16 heavy (non-hydrogen) atoms. The van der Waals surface area contributed by atoms with Crippen LogP contribution in [0, 0.1) is 0 Å². The van der Waals surface area contributed by atoms with E-state index in [1.165, 1.54) is 5.56 Å². The highest BCUT2D eigenvalue weighted by Gasteiger charge is 2.23. The van der Waals surface area contributed by atoms with Crippen molar-refractivity contribution in [1.29, 1.82) is 0 Å². The third kappa shape index (κ3) is 2.83. The first-order valence-electron chi connectivity index (χ1n) is 5.28. The molecule has 1 aliphatic rings. The zero-order valence-electron chi connectivity index (χ0n) is 8.89. The van der Waals surface area contributed by atoms with Crippen LogP contribution >= 0.6 is 24.0 Å². The molecule has 0 atom stereocenters. The van der Waals surface area contributed by atoms with Crippen LogP contribution in [0.15, 0.2) is 30.3 Å².